The number of benzene rings is 3. The molecular formula is C28H23N5OS2. The van der Waals surface area contributed by atoms with Gasteiger partial charge in [0.15, 0.2) is 4.34 Å². The lowest BCUT2D eigenvalue weighted by Crippen LogP contribution is -2.07. The van der Waals surface area contributed by atoms with Gasteiger partial charge in [-0.15, -0.1) is 10.2 Å². The molecule has 5 rings (SSSR count). The molecular weight excluding hydrogens is 486 g/mol. The van der Waals surface area contributed by atoms with Gasteiger partial charge in [0.1, 0.15) is 0 Å². The number of para-hydroxylation sites is 1. The molecule has 0 atom stereocenters. The summed E-state index contributed by atoms with van der Waals surface area (Å²) in [6, 6.07) is 28.2. The Bertz CT molecular complexity index is 1490. The van der Waals surface area contributed by atoms with Gasteiger partial charge in [0.05, 0.1) is 11.4 Å². The predicted molar refractivity (Wildman–Crippen MR) is 147 cm³/mol. The number of hydrogen-bond acceptors (Lipinski definition) is 6. The molecule has 2 heterocycles. The van der Waals surface area contributed by atoms with Crippen molar-refractivity contribution in [2.45, 2.75) is 17.0 Å². The van der Waals surface area contributed by atoms with Crippen LogP contribution in [0.5, 0.6) is 0 Å². The van der Waals surface area contributed by atoms with E-state index in [0.717, 1.165) is 32.6 Å². The van der Waals surface area contributed by atoms with Crippen LogP contribution in [0.3, 0.4) is 0 Å². The van der Waals surface area contributed by atoms with E-state index in [9.17, 15) is 4.79 Å². The van der Waals surface area contributed by atoms with Crippen molar-refractivity contribution in [1.29, 1.82) is 0 Å². The number of amides is 1. The molecule has 0 aliphatic heterocycles. The minimum absolute atomic E-state index is 0.271. The molecule has 3 aromatic carbocycles. The summed E-state index contributed by atoms with van der Waals surface area (Å²) >= 11 is 2.97. The highest BCUT2D eigenvalue weighted by Crippen LogP contribution is 2.29. The monoisotopic (exact) mass is 509 g/mol. The lowest BCUT2D eigenvalue weighted by atomic mass is 10.1. The highest BCUT2D eigenvalue weighted by atomic mass is 32.2. The SMILES string of the molecule is Cc1cccc(CSc2nnc(NC(=O)/C=C/c3cn(-c4ccccc4)nc3-c3ccccc3)s2)c1. The normalized spacial score (nSPS) is 11.1. The Hall–Kier alpha value is -4.01. The summed E-state index contributed by atoms with van der Waals surface area (Å²) in [7, 11) is 0. The van der Waals surface area contributed by atoms with Crippen molar-refractivity contribution in [3.05, 3.63) is 114 Å². The second-order valence-electron chi connectivity index (χ2n) is 8.05. The molecule has 36 heavy (non-hydrogen) atoms. The topological polar surface area (TPSA) is 72.7 Å². The van der Waals surface area contributed by atoms with Crippen molar-refractivity contribution < 1.29 is 4.79 Å². The number of nitrogens with one attached hydrogen (secondary N) is 1. The first-order valence-electron chi connectivity index (χ1n) is 11.4. The third-order valence-corrected chi connectivity index (χ3v) is 7.35. The van der Waals surface area contributed by atoms with E-state index in [0.29, 0.717) is 5.13 Å². The molecule has 178 valence electrons. The standard InChI is InChI=1S/C28H23N5OS2/c1-20-9-8-10-21(17-20)19-35-28-31-30-27(36-28)29-25(34)16-15-23-18-33(24-13-6-3-7-14-24)32-26(23)22-11-4-2-5-12-22/h2-18H,19H2,1H3,(H,29,30,34)/b16-15+. The van der Waals surface area contributed by atoms with E-state index in [2.05, 4.69) is 46.7 Å². The minimum Gasteiger partial charge on any atom is -0.297 e. The summed E-state index contributed by atoms with van der Waals surface area (Å²) in [6.45, 7) is 2.08. The van der Waals surface area contributed by atoms with Crippen LogP contribution in [0.2, 0.25) is 0 Å². The van der Waals surface area contributed by atoms with Crippen LogP contribution >= 0.6 is 23.1 Å². The fourth-order valence-electron chi connectivity index (χ4n) is 3.62. The van der Waals surface area contributed by atoms with Gasteiger partial charge in [-0.2, -0.15) is 5.10 Å². The highest BCUT2D eigenvalue weighted by molar-refractivity contribution is 8.00. The van der Waals surface area contributed by atoms with Crippen molar-refractivity contribution in [2.75, 3.05) is 5.32 Å². The third kappa shape index (κ3) is 5.97. The molecule has 0 spiro atoms. The van der Waals surface area contributed by atoms with Gasteiger partial charge in [0, 0.05) is 29.2 Å². The predicted octanol–water partition coefficient (Wildman–Crippen LogP) is 6.64. The van der Waals surface area contributed by atoms with Gasteiger partial charge in [-0.3, -0.25) is 10.1 Å². The molecule has 1 N–H and O–H groups in total. The van der Waals surface area contributed by atoms with Crippen molar-refractivity contribution in [2.24, 2.45) is 0 Å². The third-order valence-electron chi connectivity index (χ3n) is 5.31. The van der Waals surface area contributed by atoms with Gasteiger partial charge in [-0.1, -0.05) is 101 Å². The van der Waals surface area contributed by atoms with Gasteiger partial charge in [0.2, 0.25) is 11.0 Å². The molecule has 0 fully saturated rings. The number of anilines is 1. The van der Waals surface area contributed by atoms with E-state index < -0.39 is 0 Å². The first-order valence-corrected chi connectivity index (χ1v) is 13.2. The molecule has 8 heteroatoms. The number of thioether (sulfide) groups is 1. The van der Waals surface area contributed by atoms with Crippen LogP contribution in [0.25, 0.3) is 23.0 Å². The second-order valence-corrected chi connectivity index (χ2v) is 10.3. The molecule has 0 aliphatic carbocycles. The number of aromatic nitrogens is 4. The van der Waals surface area contributed by atoms with E-state index in [1.54, 1.807) is 17.8 Å². The molecule has 2 aromatic heterocycles. The Morgan fingerprint density at radius 1 is 1.00 bits per heavy atom. The average molecular weight is 510 g/mol. The summed E-state index contributed by atoms with van der Waals surface area (Å²) < 4.78 is 2.63. The van der Waals surface area contributed by atoms with Crippen LogP contribution in [-0.2, 0) is 10.5 Å². The van der Waals surface area contributed by atoms with Gasteiger partial charge >= 0.3 is 0 Å². The van der Waals surface area contributed by atoms with E-state index >= 15 is 0 Å². The number of aryl methyl sites for hydroxylation is 1. The lowest BCUT2D eigenvalue weighted by molar-refractivity contribution is -0.111. The molecule has 0 aliphatic rings. The first kappa shape index (κ1) is 23.7. The van der Waals surface area contributed by atoms with Crippen molar-refractivity contribution in [1.82, 2.24) is 20.0 Å². The molecule has 0 radical (unpaired) electrons. The van der Waals surface area contributed by atoms with Crippen LogP contribution in [0.1, 0.15) is 16.7 Å². The number of carbonyl (C=O) groups excluding carboxylic acids is 1. The Labute approximate surface area is 217 Å². The molecule has 6 nitrogen and oxygen atoms in total. The second kappa shape index (κ2) is 11.2. The van der Waals surface area contributed by atoms with Gasteiger partial charge in [0.25, 0.3) is 0 Å². The van der Waals surface area contributed by atoms with Crippen LogP contribution in [-0.4, -0.2) is 25.9 Å². The highest BCUT2D eigenvalue weighted by Gasteiger charge is 2.12. The maximum atomic E-state index is 12.6. The Kier molecular flexibility index (Phi) is 7.35. The summed E-state index contributed by atoms with van der Waals surface area (Å²) in [5.74, 6) is 0.533. The smallest absolute Gasteiger partial charge is 0.250 e. The zero-order chi connectivity index (χ0) is 24.7. The van der Waals surface area contributed by atoms with Gasteiger partial charge < -0.3 is 0 Å². The fourth-order valence-corrected chi connectivity index (χ4v) is 5.32. The average Bonchev–Trinajstić information content (AvgIpc) is 3.54. The van der Waals surface area contributed by atoms with Crippen molar-refractivity contribution in [3.63, 3.8) is 0 Å². The summed E-state index contributed by atoms with van der Waals surface area (Å²) in [5, 5.41) is 16.4. The van der Waals surface area contributed by atoms with E-state index in [1.807, 2.05) is 71.5 Å². The maximum absolute atomic E-state index is 12.6. The summed E-state index contributed by atoms with van der Waals surface area (Å²) in [4.78, 5) is 12.6. The largest absolute Gasteiger partial charge is 0.297 e. The number of nitrogens with zero attached hydrogens (tertiary/aromatic N) is 4. The molecule has 0 unspecified atom stereocenters. The summed E-state index contributed by atoms with van der Waals surface area (Å²) in [6.07, 6.45) is 5.20. The van der Waals surface area contributed by atoms with Crippen molar-refractivity contribution >= 4 is 40.2 Å². The zero-order valence-corrected chi connectivity index (χ0v) is 21.2. The van der Waals surface area contributed by atoms with Gasteiger partial charge in [-0.05, 0) is 30.7 Å². The van der Waals surface area contributed by atoms with E-state index in [-0.39, 0.29) is 5.91 Å². The van der Waals surface area contributed by atoms with Crippen LogP contribution in [0, 0.1) is 6.92 Å². The fraction of sp³-hybridized carbons (Fsp3) is 0.0714. The Morgan fingerprint density at radius 2 is 1.78 bits per heavy atom. The molecule has 0 saturated carbocycles. The van der Waals surface area contributed by atoms with E-state index in [4.69, 9.17) is 5.10 Å². The lowest BCUT2D eigenvalue weighted by Gasteiger charge is -2.00. The number of rotatable bonds is 8. The van der Waals surface area contributed by atoms with Crippen molar-refractivity contribution in [3.8, 4) is 16.9 Å². The Morgan fingerprint density at radius 3 is 2.56 bits per heavy atom. The molecule has 0 bridgehead atoms. The first-order chi connectivity index (χ1) is 17.6. The van der Waals surface area contributed by atoms with Crippen LogP contribution < -0.4 is 5.32 Å². The molecule has 1 amide bonds. The van der Waals surface area contributed by atoms with Gasteiger partial charge in [-0.25, -0.2) is 4.68 Å². The van der Waals surface area contributed by atoms with Crippen LogP contribution in [0.15, 0.2) is 102 Å². The quantitative estimate of drug-likeness (QED) is 0.144. The van der Waals surface area contributed by atoms with Crippen LogP contribution in [0.4, 0.5) is 5.13 Å². The number of hydrogen-bond donors (Lipinski definition) is 1. The molecule has 5 aromatic rings. The summed E-state index contributed by atoms with van der Waals surface area (Å²) in [5.41, 5.74) is 6.03. The number of carbonyl (C=O) groups is 1. The maximum Gasteiger partial charge on any atom is 0.250 e. The Balaban J connectivity index is 1.28. The zero-order valence-electron chi connectivity index (χ0n) is 19.5. The van der Waals surface area contributed by atoms with E-state index in [1.165, 1.54) is 28.5 Å². The minimum atomic E-state index is -0.271. The molecule has 0 saturated heterocycles.